The minimum absolute atomic E-state index is 0.384. The standard InChI is InChI=1S/C14H22N2O6/c1-2-3-4-7-21-12-11(19)9(8-17)22-13(12)16-6-5-10(18)15-14(16)20/h5-6,9,11-13,17,19H,2-4,7-8H2,1H3,(H,15,18,20)/t9-,11-,12-,13-/m1/s1. The molecule has 4 atom stereocenters. The number of hydrogen-bond donors (Lipinski definition) is 3. The largest absolute Gasteiger partial charge is 0.394 e. The minimum Gasteiger partial charge on any atom is -0.394 e. The molecule has 0 aliphatic carbocycles. The molecule has 22 heavy (non-hydrogen) atoms. The number of aliphatic hydroxyl groups excluding tert-OH is 2. The third-order valence-corrected chi connectivity index (χ3v) is 3.68. The van der Waals surface area contributed by atoms with E-state index in [1.165, 1.54) is 12.3 Å². The van der Waals surface area contributed by atoms with Crippen LogP contribution in [0.5, 0.6) is 0 Å². The number of H-pyrrole nitrogens is 1. The van der Waals surface area contributed by atoms with Gasteiger partial charge in [-0.15, -0.1) is 0 Å². The van der Waals surface area contributed by atoms with Crippen molar-refractivity contribution >= 4 is 0 Å². The fourth-order valence-corrected chi connectivity index (χ4v) is 2.47. The molecule has 1 aromatic rings. The Balaban J connectivity index is 2.18. The van der Waals surface area contributed by atoms with E-state index in [2.05, 4.69) is 11.9 Å². The Morgan fingerprint density at radius 3 is 2.82 bits per heavy atom. The first-order valence-electron chi connectivity index (χ1n) is 7.46. The fourth-order valence-electron chi connectivity index (χ4n) is 2.47. The molecule has 0 saturated carbocycles. The minimum atomic E-state index is -1.05. The van der Waals surface area contributed by atoms with Crippen LogP contribution >= 0.6 is 0 Å². The van der Waals surface area contributed by atoms with Crippen LogP contribution in [-0.2, 0) is 9.47 Å². The monoisotopic (exact) mass is 314 g/mol. The van der Waals surface area contributed by atoms with Crippen LogP contribution in [0.1, 0.15) is 32.4 Å². The van der Waals surface area contributed by atoms with E-state index in [-0.39, 0.29) is 6.61 Å². The highest BCUT2D eigenvalue weighted by molar-refractivity contribution is 4.93. The maximum absolute atomic E-state index is 11.9. The smallest absolute Gasteiger partial charge is 0.330 e. The first kappa shape index (κ1) is 16.9. The highest BCUT2D eigenvalue weighted by atomic mass is 16.6. The van der Waals surface area contributed by atoms with E-state index in [9.17, 15) is 19.8 Å². The predicted molar refractivity (Wildman–Crippen MR) is 77.6 cm³/mol. The zero-order valence-electron chi connectivity index (χ0n) is 12.5. The number of hydrogen-bond acceptors (Lipinski definition) is 6. The van der Waals surface area contributed by atoms with Crippen LogP contribution in [0.25, 0.3) is 0 Å². The first-order chi connectivity index (χ1) is 10.6. The summed E-state index contributed by atoms with van der Waals surface area (Å²) in [6, 6.07) is 1.19. The van der Waals surface area contributed by atoms with Gasteiger partial charge >= 0.3 is 5.69 Å². The van der Waals surface area contributed by atoms with E-state index < -0.39 is 35.8 Å². The molecule has 3 N–H and O–H groups in total. The molecule has 1 saturated heterocycles. The molecule has 8 nitrogen and oxygen atoms in total. The van der Waals surface area contributed by atoms with Gasteiger partial charge in [0.05, 0.1) is 6.61 Å². The van der Waals surface area contributed by atoms with E-state index in [1.807, 2.05) is 0 Å². The average molecular weight is 314 g/mol. The van der Waals surface area contributed by atoms with Crippen LogP contribution in [0.15, 0.2) is 21.9 Å². The van der Waals surface area contributed by atoms with Crippen LogP contribution in [-0.4, -0.2) is 51.3 Å². The van der Waals surface area contributed by atoms with Gasteiger partial charge in [0.2, 0.25) is 0 Å². The van der Waals surface area contributed by atoms with Crippen molar-refractivity contribution in [2.45, 2.75) is 50.7 Å². The van der Waals surface area contributed by atoms with Crippen molar-refractivity contribution in [3.63, 3.8) is 0 Å². The third-order valence-electron chi connectivity index (χ3n) is 3.68. The number of nitrogens with zero attached hydrogens (tertiary/aromatic N) is 1. The molecule has 2 rings (SSSR count). The molecule has 8 heteroatoms. The Bertz CT molecular complexity index is 583. The van der Waals surface area contributed by atoms with Gasteiger partial charge in [0, 0.05) is 18.9 Å². The molecule has 1 aromatic heterocycles. The van der Waals surface area contributed by atoms with Gasteiger partial charge < -0.3 is 19.7 Å². The Kier molecular flexibility index (Phi) is 5.90. The molecule has 0 radical (unpaired) electrons. The zero-order valence-corrected chi connectivity index (χ0v) is 12.5. The number of unbranched alkanes of at least 4 members (excludes halogenated alkanes) is 2. The summed E-state index contributed by atoms with van der Waals surface area (Å²) in [5, 5.41) is 19.4. The van der Waals surface area contributed by atoms with Gasteiger partial charge in [0.25, 0.3) is 5.56 Å². The number of ether oxygens (including phenoxy) is 2. The molecule has 0 spiro atoms. The lowest BCUT2D eigenvalue weighted by Crippen LogP contribution is -2.39. The molecule has 1 aliphatic heterocycles. The summed E-state index contributed by atoms with van der Waals surface area (Å²) in [6.07, 6.45) is 0.606. The predicted octanol–water partition coefficient (Wildman–Crippen LogP) is -0.637. The Labute approximate surface area is 127 Å². The third kappa shape index (κ3) is 3.64. The second-order valence-electron chi connectivity index (χ2n) is 5.30. The highest BCUT2D eigenvalue weighted by Gasteiger charge is 2.45. The molecule has 0 aromatic carbocycles. The number of rotatable bonds is 7. The summed E-state index contributed by atoms with van der Waals surface area (Å²) in [7, 11) is 0. The summed E-state index contributed by atoms with van der Waals surface area (Å²) in [5.74, 6) is 0. The van der Waals surface area contributed by atoms with Crippen LogP contribution < -0.4 is 11.2 Å². The summed E-state index contributed by atoms with van der Waals surface area (Å²) in [6.45, 7) is 2.11. The maximum atomic E-state index is 11.9. The topological polar surface area (TPSA) is 114 Å². The second kappa shape index (κ2) is 7.68. The molecule has 0 amide bonds. The number of aliphatic hydroxyl groups is 2. The van der Waals surface area contributed by atoms with Gasteiger partial charge in [-0.2, -0.15) is 0 Å². The second-order valence-corrected chi connectivity index (χ2v) is 5.30. The molecule has 2 heterocycles. The molecular weight excluding hydrogens is 292 g/mol. The SMILES string of the molecule is CCCCCO[C@@H]1[C@H](O)[C@@H](CO)O[C@H]1n1ccc(=O)[nH]c1=O. The van der Waals surface area contributed by atoms with Crippen molar-refractivity contribution in [3.05, 3.63) is 33.1 Å². The Morgan fingerprint density at radius 2 is 2.18 bits per heavy atom. The number of aromatic amines is 1. The van der Waals surface area contributed by atoms with Gasteiger partial charge in [-0.3, -0.25) is 14.3 Å². The quantitative estimate of drug-likeness (QED) is 0.577. The van der Waals surface area contributed by atoms with Crippen molar-refractivity contribution in [2.75, 3.05) is 13.2 Å². The Hall–Kier alpha value is -1.48. The van der Waals surface area contributed by atoms with Gasteiger partial charge in [-0.25, -0.2) is 4.79 Å². The molecular formula is C14H22N2O6. The maximum Gasteiger partial charge on any atom is 0.330 e. The van der Waals surface area contributed by atoms with Crippen LogP contribution in [0, 0.1) is 0 Å². The van der Waals surface area contributed by atoms with Crippen molar-refractivity contribution in [1.29, 1.82) is 0 Å². The van der Waals surface area contributed by atoms with Crippen molar-refractivity contribution < 1.29 is 19.7 Å². The van der Waals surface area contributed by atoms with Crippen molar-refractivity contribution in [3.8, 4) is 0 Å². The highest BCUT2D eigenvalue weighted by Crippen LogP contribution is 2.30. The van der Waals surface area contributed by atoms with Gasteiger partial charge in [-0.05, 0) is 6.42 Å². The van der Waals surface area contributed by atoms with E-state index in [1.54, 1.807) is 0 Å². The summed E-state index contributed by atoms with van der Waals surface area (Å²) in [4.78, 5) is 25.1. The summed E-state index contributed by atoms with van der Waals surface area (Å²) >= 11 is 0. The molecule has 1 fully saturated rings. The summed E-state index contributed by atoms with van der Waals surface area (Å²) < 4.78 is 12.3. The van der Waals surface area contributed by atoms with Gasteiger partial charge in [0.1, 0.15) is 18.3 Å². The normalized spacial score (nSPS) is 28.1. The van der Waals surface area contributed by atoms with Crippen LogP contribution in [0.3, 0.4) is 0 Å². The van der Waals surface area contributed by atoms with Gasteiger partial charge in [-0.1, -0.05) is 19.8 Å². The van der Waals surface area contributed by atoms with Crippen LogP contribution in [0.4, 0.5) is 0 Å². The lowest BCUT2D eigenvalue weighted by atomic mass is 10.1. The first-order valence-corrected chi connectivity index (χ1v) is 7.46. The zero-order chi connectivity index (χ0) is 16.1. The van der Waals surface area contributed by atoms with E-state index in [0.717, 1.165) is 23.8 Å². The van der Waals surface area contributed by atoms with E-state index in [4.69, 9.17) is 9.47 Å². The number of aromatic nitrogens is 2. The van der Waals surface area contributed by atoms with Gasteiger partial charge in [0.15, 0.2) is 6.23 Å². The van der Waals surface area contributed by atoms with E-state index >= 15 is 0 Å². The molecule has 1 aliphatic rings. The van der Waals surface area contributed by atoms with Crippen molar-refractivity contribution in [1.82, 2.24) is 9.55 Å². The Morgan fingerprint density at radius 1 is 1.41 bits per heavy atom. The van der Waals surface area contributed by atoms with E-state index in [0.29, 0.717) is 6.61 Å². The summed E-state index contributed by atoms with van der Waals surface area (Å²) in [5.41, 5.74) is -1.16. The molecule has 124 valence electrons. The fraction of sp³-hybridized carbons (Fsp3) is 0.714. The van der Waals surface area contributed by atoms with Crippen molar-refractivity contribution in [2.24, 2.45) is 0 Å². The molecule has 0 unspecified atom stereocenters. The average Bonchev–Trinajstić information content (AvgIpc) is 2.80. The molecule has 0 bridgehead atoms. The number of nitrogens with one attached hydrogen (secondary N) is 1. The lowest BCUT2D eigenvalue weighted by Gasteiger charge is -2.22. The lowest BCUT2D eigenvalue weighted by molar-refractivity contribution is -0.0749. The van der Waals surface area contributed by atoms with Crippen LogP contribution in [0.2, 0.25) is 0 Å².